The summed E-state index contributed by atoms with van der Waals surface area (Å²) in [5, 5.41) is 22.4. The molecular weight excluding hydrogens is 604 g/mol. The Labute approximate surface area is 284 Å². The smallest absolute Gasteiger partial charge is 0.273 e. The number of aliphatic carboxylic acids is 2. The molecule has 0 aromatic carbocycles. The van der Waals surface area contributed by atoms with Crippen LogP contribution in [0.15, 0.2) is 0 Å². The van der Waals surface area contributed by atoms with Gasteiger partial charge < -0.3 is 30.4 Å². The van der Waals surface area contributed by atoms with Gasteiger partial charge in [0, 0.05) is 36.1 Å². The average Bonchev–Trinajstić information content (AvgIpc) is 3.02. The summed E-state index contributed by atoms with van der Waals surface area (Å²) >= 11 is 0. The number of carbonyl (C=O) groups excluding carboxylic acids is 2. The highest BCUT2D eigenvalue weighted by Crippen LogP contribution is 2.13. The zero-order chi connectivity index (χ0) is 35.8. The summed E-state index contributed by atoms with van der Waals surface area (Å²) in [5.41, 5.74) is 0. The Bertz CT molecular complexity index is 729. The molecule has 0 aromatic rings. The van der Waals surface area contributed by atoms with E-state index in [9.17, 15) is 28.2 Å². The first-order valence-electron chi connectivity index (χ1n) is 18.8. The molecule has 0 aliphatic rings. The van der Waals surface area contributed by atoms with Crippen molar-refractivity contribution in [3.63, 3.8) is 0 Å². The minimum absolute atomic E-state index is 0.957. The van der Waals surface area contributed by atoms with E-state index in [1.54, 1.807) is 0 Å². The summed E-state index contributed by atoms with van der Waals surface area (Å²) in [5.74, 6) is -0.252. The number of rotatable bonds is 28. The molecule has 0 spiro atoms. The molecule has 5 unspecified atom stereocenters. The number of carboxylic acid groups (broad SMARTS) is 2. The second-order valence-electron chi connectivity index (χ2n) is 13.1. The lowest BCUT2D eigenvalue weighted by molar-refractivity contribution is -0.666. The zero-order valence-corrected chi connectivity index (χ0v) is 32.0. The molecule has 0 aliphatic heterocycles. The predicted octanol–water partition coefficient (Wildman–Crippen LogP) is 4.10. The molecule has 0 bridgehead atoms. The standard InChI is InChI=1S/2C16H35N.C4H6O7S/c2*1-5-9-11-15(7-3)13-17-14-16(8-4)12-10-6-2;5-3(6)1-2(4(7)8)12(9,10)11/h2*15-17H,5-14H2,1-4H3;2H,1H2,(H,5,6)(H,7,8)(H,9,10,11). The number of hydrogen-bond donors (Lipinski definition) is 3. The van der Waals surface area contributed by atoms with Crippen molar-refractivity contribution in [2.75, 3.05) is 26.2 Å². The molecular formula is C36H76N2O7S. The Balaban J connectivity index is -0.000000614. The number of unbranched alkanes of at least 4 members (excludes halogenated alkanes) is 4. The molecule has 0 aromatic heterocycles. The quantitative estimate of drug-likeness (QED) is 0.105. The zero-order valence-electron chi connectivity index (χ0n) is 31.2. The van der Waals surface area contributed by atoms with E-state index in [4.69, 9.17) is 4.55 Å². The molecule has 0 rings (SSSR count). The summed E-state index contributed by atoms with van der Waals surface area (Å²) in [6.07, 6.45) is 21.0. The fourth-order valence-electron chi connectivity index (χ4n) is 5.52. The monoisotopic (exact) mass is 681 g/mol. The highest BCUT2D eigenvalue weighted by atomic mass is 32.2. The third kappa shape index (κ3) is 31.4. The molecule has 0 saturated heterocycles. The summed E-state index contributed by atoms with van der Waals surface area (Å²) in [6.45, 7) is 24.0. The van der Waals surface area contributed by atoms with E-state index in [2.05, 4.69) is 66.0 Å². The van der Waals surface area contributed by atoms with Crippen LogP contribution in [0.4, 0.5) is 0 Å². The van der Waals surface area contributed by atoms with Crippen LogP contribution in [0.3, 0.4) is 0 Å². The minimum atomic E-state index is -4.94. The van der Waals surface area contributed by atoms with Crippen LogP contribution in [0.25, 0.3) is 0 Å². The largest absolute Gasteiger partial charge is 0.550 e. The molecule has 0 fully saturated rings. The summed E-state index contributed by atoms with van der Waals surface area (Å²) in [6, 6.07) is 0. The first-order chi connectivity index (χ1) is 21.8. The van der Waals surface area contributed by atoms with Gasteiger partial charge in [0.15, 0.2) is 0 Å². The predicted molar refractivity (Wildman–Crippen MR) is 187 cm³/mol. The van der Waals surface area contributed by atoms with Gasteiger partial charge in [-0.1, -0.05) is 107 Å². The molecule has 0 amide bonds. The number of hydrogen-bond acceptors (Lipinski definition) is 6. The molecule has 46 heavy (non-hydrogen) atoms. The number of carboxylic acids is 2. The van der Waals surface area contributed by atoms with Crippen molar-refractivity contribution in [1.29, 1.82) is 0 Å². The molecule has 9 nitrogen and oxygen atoms in total. The molecule has 0 aliphatic carbocycles. The molecule has 278 valence electrons. The van der Waals surface area contributed by atoms with Crippen LogP contribution in [-0.4, -0.2) is 56.3 Å². The van der Waals surface area contributed by atoms with Gasteiger partial charge in [0.05, 0.1) is 32.1 Å². The van der Waals surface area contributed by atoms with Crippen molar-refractivity contribution in [3.05, 3.63) is 0 Å². The second-order valence-corrected chi connectivity index (χ2v) is 14.7. The highest BCUT2D eigenvalue weighted by Gasteiger charge is 2.24. The summed E-state index contributed by atoms with van der Waals surface area (Å²) in [4.78, 5) is 19.7. The Morgan fingerprint density at radius 1 is 0.565 bits per heavy atom. The number of carbonyl (C=O) groups is 2. The molecule has 5 atom stereocenters. The van der Waals surface area contributed by atoms with Crippen LogP contribution < -0.4 is 20.8 Å². The van der Waals surface area contributed by atoms with Gasteiger partial charge >= 0.3 is 0 Å². The Hall–Kier alpha value is -1.23. The normalized spacial score (nSPS) is 14.5. The van der Waals surface area contributed by atoms with E-state index in [0.717, 1.165) is 23.7 Å². The van der Waals surface area contributed by atoms with E-state index < -0.39 is 33.7 Å². The van der Waals surface area contributed by atoms with Gasteiger partial charge in [-0.25, -0.2) is 0 Å². The lowest BCUT2D eigenvalue weighted by Gasteiger charge is -2.16. The van der Waals surface area contributed by atoms with Gasteiger partial charge in [-0.3, -0.25) is 4.55 Å². The Morgan fingerprint density at radius 2 is 0.826 bits per heavy atom. The van der Waals surface area contributed by atoms with Gasteiger partial charge in [-0.15, -0.1) is 0 Å². The van der Waals surface area contributed by atoms with Crippen molar-refractivity contribution < 1.29 is 43.4 Å². The van der Waals surface area contributed by atoms with E-state index in [1.807, 2.05) is 0 Å². The van der Waals surface area contributed by atoms with Crippen molar-refractivity contribution >= 4 is 22.1 Å². The van der Waals surface area contributed by atoms with Crippen molar-refractivity contribution in [3.8, 4) is 0 Å². The molecule has 0 radical (unpaired) electrons. The van der Waals surface area contributed by atoms with Crippen LogP contribution in [-0.2, 0) is 19.7 Å². The van der Waals surface area contributed by atoms with E-state index in [-0.39, 0.29) is 0 Å². The van der Waals surface area contributed by atoms with Crippen LogP contribution in [0.5, 0.6) is 0 Å². The summed E-state index contributed by atoms with van der Waals surface area (Å²) in [7, 11) is -4.94. The van der Waals surface area contributed by atoms with Crippen LogP contribution >= 0.6 is 0 Å². The fourth-order valence-corrected chi connectivity index (χ4v) is 6.11. The maximum Gasteiger partial charge on any atom is 0.273 e. The molecule has 5 N–H and O–H groups in total. The van der Waals surface area contributed by atoms with Crippen LogP contribution in [0.2, 0.25) is 0 Å². The highest BCUT2D eigenvalue weighted by molar-refractivity contribution is 7.87. The van der Waals surface area contributed by atoms with Crippen molar-refractivity contribution in [2.45, 2.75) is 170 Å². The molecule has 0 saturated carbocycles. The van der Waals surface area contributed by atoms with E-state index >= 15 is 0 Å². The van der Waals surface area contributed by atoms with Gasteiger partial charge in [0.25, 0.3) is 10.1 Å². The average molecular weight is 681 g/mol. The fraction of sp³-hybridized carbons (Fsp3) is 0.944. The minimum Gasteiger partial charge on any atom is -0.550 e. The number of nitrogens with two attached hydrogens (primary N) is 2. The molecule has 0 heterocycles. The summed E-state index contributed by atoms with van der Waals surface area (Å²) < 4.78 is 28.5. The van der Waals surface area contributed by atoms with E-state index in [0.29, 0.717) is 0 Å². The van der Waals surface area contributed by atoms with Gasteiger partial charge in [0.2, 0.25) is 0 Å². The maximum absolute atomic E-state index is 10.2. The second kappa shape index (κ2) is 33.7. The van der Waals surface area contributed by atoms with Gasteiger partial charge in [-0.05, 0) is 51.4 Å². The number of quaternary nitrogens is 2. The lowest BCUT2D eigenvalue weighted by Crippen LogP contribution is -2.86. The maximum atomic E-state index is 10.2. The topological polar surface area (TPSA) is 168 Å². The van der Waals surface area contributed by atoms with Crippen LogP contribution in [0.1, 0.15) is 165 Å². The van der Waals surface area contributed by atoms with Crippen molar-refractivity contribution in [2.24, 2.45) is 23.7 Å². The third-order valence-corrected chi connectivity index (χ3v) is 10.2. The third-order valence-electron chi connectivity index (χ3n) is 9.15. The van der Waals surface area contributed by atoms with Crippen molar-refractivity contribution in [1.82, 2.24) is 0 Å². The SMILES string of the molecule is CCCCC(CC)C[NH2+]CC(CC)CCCC.CCCCC(CC)C[NH2+]CC(CC)CCCC.O=C([O-])CC(C(=O)[O-])S(=O)(=O)O. The Kier molecular flexibility index (Phi) is 36.0. The first kappa shape index (κ1) is 49.2. The Morgan fingerprint density at radius 3 is 0.957 bits per heavy atom. The molecule has 10 heteroatoms. The van der Waals surface area contributed by atoms with Gasteiger partial charge in [-0.2, -0.15) is 8.42 Å². The van der Waals surface area contributed by atoms with Crippen LogP contribution in [0, 0.1) is 23.7 Å². The van der Waals surface area contributed by atoms with Gasteiger partial charge in [0.1, 0.15) is 5.25 Å². The lowest BCUT2D eigenvalue weighted by atomic mass is 9.97. The van der Waals surface area contributed by atoms with E-state index in [1.165, 1.54) is 129 Å². The first-order valence-corrected chi connectivity index (χ1v) is 20.3.